The van der Waals surface area contributed by atoms with Crippen LogP contribution in [0.1, 0.15) is 42.5 Å². The molecule has 0 heterocycles. The van der Waals surface area contributed by atoms with Crippen LogP contribution in [0.15, 0.2) is 18.2 Å². The highest BCUT2D eigenvalue weighted by Crippen LogP contribution is 2.26. The van der Waals surface area contributed by atoms with Crippen LogP contribution in [-0.2, 0) is 4.79 Å². The molecule has 0 saturated heterocycles. The number of ether oxygens (including phenoxy) is 1. The van der Waals surface area contributed by atoms with Crippen LogP contribution in [0.5, 0.6) is 5.75 Å². The zero-order chi connectivity index (χ0) is 14.5. The summed E-state index contributed by atoms with van der Waals surface area (Å²) >= 11 is 5.82. The molecule has 1 amide bonds. The molecule has 1 aliphatic rings. The van der Waals surface area contributed by atoms with Crippen LogP contribution in [0, 0.1) is 5.92 Å². The maximum atomic E-state index is 12.1. The number of Topliss-reactive ketones (excluding diaryl/α,β-unsaturated/α-hetero) is 1. The first-order valence-corrected chi connectivity index (χ1v) is 7.20. The van der Waals surface area contributed by atoms with Crippen molar-refractivity contribution >= 4 is 23.3 Å². The highest BCUT2D eigenvalue weighted by molar-refractivity contribution is 6.31. The van der Waals surface area contributed by atoms with Gasteiger partial charge in [0.15, 0.2) is 5.78 Å². The van der Waals surface area contributed by atoms with Crippen LogP contribution in [0.2, 0.25) is 5.02 Å². The minimum absolute atomic E-state index is 0.0213. The molecule has 2 N–H and O–H groups in total. The normalized spacial score (nSPS) is 15.8. The van der Waals surface area contributed by atoms with E-state index >= 15 is 0 Å². The number of primary amides is 1. The molecular weight excluding hydrogens is 278 g/mol. The van der Waals surface area contributed by atoms with Crippen molar-refractivity contribution in [2.75, 3.05) is 6.61 Å². The third-order valence-corrected chi connectivity index (χ3v) is 3.87. The van der Waals surface area contributed by atoms with Gasteiger partial charge in [-0.05, 0) is 31.0 Å². The lowest BCUT2D eigenvalue weighted by molar-refractivity contribution is -0.125. The lowest BCUT2D eigenvalue weighted by Gasteiger charge is -2.20. The monoisotopic (exact) mass is 295 g/mol. The van der Waals surface area contributed by atoms with Crippen molar-refractivity contribution in [1.82, 2.24) is 0 Å². The van der Waals surface area contributed by atoms with E-state index in [1.54, 1.807) is 12.1 Å². The summed E-state index contributed by atoms with van der Waals surface area (Å²) in [5.41, 5.74) is 5.47. The van der Waals surface area contributed by atoms with E-state index in [0.717, 1.165) is 25.7 Å². The molecule has 1 aromatic carbocycles. The summed E-state index contributed by atoms with van der Waals surface area (Å²) in [5, 5.41) is 0.407. The maximum absolute atomic E-state index is 12.1. The largest absolute Gasteiger partial charge is 0.485 e. The molecule has 1 fully saturated rings. The van der Waals surface area contributed by atoms with Gasteiger partial charge in [0.25, 0.3) is 5.91 Å². The molecule has 5 heteroatoms. The zero-order valence-corrected chi connectivity index (χ0v) is 12.0. The van der Waals surface area contributed by atoms with Crippen LogP contribution in [0.4, 0.5) is 0 Å². The summed E-state index contributed by atoms with van der Waals surface area (Å²) in [6.45, 7) is -0.0213. The fourth-order valence-corrected chi connectivity index (χ4v) is 2.68. The topological polar surface area (TPSA) is 69.4 Å². The predicted molar refractivity (Wildman–Crippen MR) is 77.0 cm³/mol. The Bertz CT molecular complexity index is 510. The summed E-state index contributed by atoms with van der Waals surface area (Å²) in [7, 11) is 0. The van der Waals surface area contributed by atoms with E-state index in [1.807, 2.05) is 0 Å². The van der Waals surface area contributed by atoms with Crippen molar-refractivity contribution in [3.8, 4) is 5.75 Å². The second kappa shape index (κ2) is 6.75. The number of carbonyl (C=O) groups is 2. The van der Waals surface area contributed by atoms with E-state index in [1.165, 1.54) is 12.5 Å². The van der Waals surface area contributed by atoms with Gasteiger partial charge in [0.05, 0.1) is 5.56 Å². The molecule has 0 spiro atoms. The first-order valence-electron chi connectivity index (χ1n) is 6.83. The number of hydrogen-bond acceptors (Lipinski definition) is 3. The molecule has 108 valence electrons. The standard InChI is InChI=1S/C15H18ClNO3/c16-11-6-7-14(12(8-11)15(17)19)20-9-13(18)10-4-2-1-3-5-10/h6-8,10H,1-5,9H2,(H2,17,19). The Labute approximate surface area is 123 Å². The molecule has 1 aromatic rings. The lowest BCUT2D eigenvalue weighted by atomic mass is 9.86. The maximum Gasteiger partial charge on any atom is 0.252 e. The summed E-state index contributed by atoms with van der Waals surface area (Å²) < 4.78 is 5.46. The fraction of sp³-hybridized carbons (Fsp3) is 0.467. The average molecular weight is 296 g/mol. The molecule has 0 radical (unpaired) electrons. The first kappa shape index (κ1) is 14.9. The molecule has 0 atom stereocenters. The minimum Gasteiger partial charge on any atom is -0.485 e. The van der Waals surface area contributed by atoms with Crippen LogP contribution in [-0.4, -0.2) is 18.3 Å². The van der Waals surface area contributed by atoms with Gasteiger partial charge in [-0.25, -0.2) is 0 Å². The van der Waals surface area contributed by atoms with Crippen LogP contribution < -0.4 is 10.5 Å². The SMILES string of the molecule is NC(=O)c1cc(Cl)ccc1OCC(=O)C1CCCCC1. The Morgan fingerprint density at radius 3 is 2.60 bits per heavy atom. The van der Waals surface area contributed by atoms with Gasteiger partial charge in [-0.2, -0.15) is 0 Å². The molecular formula is C15H18ClNO3. The molecule has 0 aromatic heterocycles. The number of benzene rings is 1. The first-order chi connectivity index (χ1) is 9.58. The number of amides is 1. The average Bonchev–Trinajstić information content (AvgIpc) is 2.46. The van der Waals surface area contributed by atoms with E-state index in [2.05, 4.69) is 0 Å². The molecule has 1 saturated carbocycles. The number of nitrogens with two attached hydrogens (primary N) is 1. The molecule has 4 nitrogen and oxygen atoms in total. The molecule has 0 aliphatic heterocycles. The highest BCUT2D eigenvalue weighted by Gasteiger charge is 2.22. The van der Waals surface area contributed by atoms with Gasteiger partial charge in [0.2, 0.25) is 0 Å². The van der Waals surface area contributed by atoms with Gasteiger partial charge in [0, 0.05) is 10.9 Å². The Kier molecular flexibility index (Phi) is 5.01. The Morgan fingerprint density at radius 2 is 1.95 bits per heavy atom. The summed E-state index contributed by atoms with van der Waals surface area (Å²) in [6, 6.07) is 4.62. The van der Waals surface area contributed by atoms with Gasteiger partial charge in [0.1, 0.15) is 12.4 Å². The smallest absolute Gasteiger partial charge is 0.252 e. The Morgan fingerprint density at radius 1 is 1.25 bits per heavy atom. The van der Waals surface area contributed by atoms with Crippen molar-refractivity contribution in [1.29, 1.82) is 0 Å². The van der Waals surface area contributed by atoms with Crippen molar-refractivity contribution < 1.29 is 14.3 Å². The minimum atomic E-state index is -0.618. The summed E-state index contributed by atoms with van der Waals surface area (Å²) in [4.78, 5) is 23.4. The summed E-state index contributed by atoms with van der Waals surface area (Å²) in [6.07, 6.45) is 5.28. The zero-order valence-electron chi connectivity index (χ0n) is 11.2. The van der Waals surface area contributed by atoms with E-state index < -0.39 is 5.91 Å². The number of ketones is 1. The number of carbonyl (C=O) groups excluding carboxylic acids is 2. The number of halogens is 1. The number of rotatable bonds is 5. The van der Waals surface area contributed by atoms with Gasteiger partial charge in [-0.1, -0.05) is 30.9 Å². The van der Waals surface area contributed by atoms with Crippen molar-refractivity contribution in [2.24, 2.45) is 11.7 Å². The summed E-state index contributed by atoms with van der Waals surface area (Å²) in [5.74, 6) is -0.123. The van der Waals surface area contributed by atoms with Gasteiger partial charge in [-0.15, -0.1) is 0 Å². The second-order valence-electron chi connectivity index (χ2n) is 5.09. The van der Waals surface area contributed by atoms with Crippen LogP contribution in [0.3, 0.4) is 0 Å². The predicted octanol–water partition coefficient (Wildman–Crippen LogP) is 2.97. The highest BCUT2D eigenvalue weighted by atomic mass is 35.5. The van der Waals surface area contributed by atoms with Crippen LogP contribution >= 0.6 is 11.6 Å². The van der Waals surface area contributed by atoms with E-state index in [4.69, 9.17) is 22.1 Å². The Hall–Kier alpha value is -1.55. The lowest BCUT2D eigenvalue weighted by Crippen LogP contribution is -2.24. The van der Waals surface area contributed by atoms with Gasteiger partial charge < -0.3 is 10.5 Å². The second-order valence-corrected chi connectivity index (χ2v) is 5.53. The molecule has 2 rings (SSSR count). The Balaban J connectivity index is 1.99. The molecule has 1 aliphatic carbocycles. The molecule has 0 bridgehead atoms. The van der Waals surface area contributed by atoms with Crippen molar-refractivity contribution in [3.63, 3.8) is 0 Å². The van der Waals surface area contributed by atoms with E-state index in [0.29, 0.717) is 10.8 Å². The third-order valence-electron chi connectivity index (χ3n) is 3.64. The third kappa shape index (κ3) is 3.73. The number of hydrogen-bond donors (Lipinski definition) is 1. The van der Waals surface area contributed by atoms with Crippen molar-refractivity contribution in [2.45, 2.75) is 32.1 Å². The molecule has 0 unspecified atom stereocenters. The quantitative estimate of drug-likeness (QED) is 0.908. The van der Waals surface area contributed by atoms with Crippen LogP contribution in [0.25, 0.3) is 0 Å². The van der Waals surface area contributed by atoms with Gasteiger partial charge in [-0.3, -0.25) is 9.59 Å². The fourth-order valence-electron chi connectivity index (χ4n) is 2.51. The molecule has 20 heavy (non-hydrogen) atoms. The van der Waals surface area contributed by atoms with Crippen molar-refractivity contribution in [3.05, 3.63) is 28.8 Å². The van der Waals surface area contributed by atoms with Gasteiger partial charge >= 0.3 is 0 Å². The van der Waals surface area contributed by atoms with E-state index in [9.17, 15) is 9.59 Å². The van der Waals surface area contributed by atoms with E-state index in [-0.39, 0.29) is 23.9 Å².